The van der Waals surface area contributed by atoms with Crippen molar-refractivity contribution in [3.8, 4) is 5.69 Å². The predicted octanol–water partition coefficient (Wildman–Crippen LogP) is 4.43. The fourth-order valence-corrected chi connectivity index (χ4v) is 4.98. The van der Waals surface area contributed by atoms with Crippen molar-refractivity contribution in [3.63, 3.8) is 0 Å². The number of carbonyl (C=O) groups is 2. The van der Waals surface area contributed by atoms with Crippen LogP contribution in [0.5, 0.6) is 0 Å². The van der Waals surface area contributed by atoms with Gasteiger partial charge in [0.15, 0.2) is 5.65 Å². The number of fused-ring (bicyclic) bond motifs is 1. The first-order valence-electron chi connectivity index (χ1n) is 11.1. The molecule has 0 unspecified atom stereocenters. The molecule has 5 rings (SSSR count). The summed E-state index contributed by atoms with van der Waals surface area (Å²) in [6.45, 7) is 1.94. The summed E-state index contributed by atoms with van der Waals surface area (Å²) in [5, 5.41) is 12.1. The number of esters is 1. The lowest BCUT2D eigenvalue weighted by Crippen LogP contribution is -2.46. The molecule has 0 spiro atoms. The predicted molar refractivity (Wildman–Crippen MR) is 137 cm³/mol. The molecule has 4 aromatic rings. The number of thioether (sulfide) groups is 1. The van der Waals surface area contributed by atoms with Crippen molar-refractivity contribution < 1.29 is 14.3 Å². The van der Waals surface area contributed by atoms with Crippen molar-refractivity contribution in [2.75, 3.05) is 12.4 Å². The van der Waals surface area contributed by atoms with Gasteiger partial charge in [0.1, 0.15) is 11.4 Å². The van der Waals surface area contributed by atoms with Crippen molar-refractivity contribution >= 4 is 46.4 Å². The highest BCUT2D eigenvalue weighted by molar-refractivity contribution is 7.99. The van der Waals surface area contributed by atoms with Crippen molar-refractivity contribution in [3.05, 3.63) is 89.0 Å². The van der Waals surface area contributed by atoms with E-state index in [0.29, 0.717) is 32.5 Å². The van der Waals surface area contributed by atoms with Gasteiger partial charge in [-0.05, 0) is 36.8 Å². The van der Waals surface area contributed by atoms with E-state index in [1.165, 1.54) is 18.1 Å². The first-order valence-corrected chi connectivity index (χ1v) is 12.5. The van der Waals surface area contributed by atoms with Crippen LogP contribution in [0.1, 0.15) is 18.5 Å². The van der Waals surface area contributed by atoms with Crippen LogP contribution in [-0.4, -0.2) is 44.1 Å². The third kappa shape index (κ3) is 4.77. The molecule has 1 atom stereocenters. The molecule has 2 N–H and O–H groups in total. The molecule has 1 aliphatic rings. The second kappa shape index (κ2) is 10.4. The van der Waals surface area contributed by atoms with Crippen LogP contribution in [0.15, 0.2) is 83.4 Å². The molecule has 0 saturated heterocycles. The number of ether oxygens (including phenoxy) is 1. The van der Waals surface area contributed by atoms with E-state index in [1.54, 1.807) is 42.1 Å². The second-order valence-electron chi connectivity index (χ2n) is 7.79. The Bertz CT molecular complexity index is 1460. The highest BCUT2D eigenvalue weighted by Gasteiger charge is 2.33. The van der Waals surface area contributed by atoms with Crippen molar-refractivity contribution in [2.45, 2.75) is 18.0 Å². The Kier molecular flexibility index (Phi) is 6.88. The van der Waals surface area contributed by atoms with Crippen molar-refractivity contribution in [1.29, 1.82) is 0 Å². The van der Waals surface area contributed by atoms with E-state index in [-0.39, 0.29) is 12.4 Å². The fraction of sp³-hybridized carbons (Fsp3) is 0.160. The average Bonchev–Trinajstić information content (AvgIpc) is 3.33. The average molecular weight is 521 g/mol. The third-order valence-electron chi connectivity index (χ3n) is 5.54. The molecule has 36 heavy (non-hydrogen) atoms. The molecule has 0 radical (unpaired) electrons. The summed E-state index contributed by atoms with van der Waals surface area (Å²) in [7, 11) is 0. The Hall–Kier alpha value is -3.89. The number of amides is 2. The lowest BCUT2D eigenvalue weighted by molar-refractivity contribution is -0.139. The standard InChI is InChI=1S/C25H21ClN6O3S/c1-2-35-24(33)20-19(30-25(34)31-21(20)15-8-10-16(26)11-9-15)13-36-23-18-12-29-32(22(18)27-14-28-23)17-6-4-3-5-7-17/h3-12,14,21H,2,13H2,1H3,(H2,30,31,34)/t21-/m0/s1. The number of urea groups is 1. The van der Waals surface area contributed by atoms with Gasteiger partial charge in [-0.3, -0.25) is 0 Å². The lowest BCUT2D eigenvalue weighted by atomic mass is 9.95. The second-order valence-corrected chi connectivity index (χ2v) is 9.19. The van der Waals surface area contributed by atoms with Gasteiger partial charge in [0.05, 0.1) is 35.5 Å². The summed E-state index contributed by atoms with van der Waals surface area (Å²) in [6.07, 6.45) is 3.19. The molecule has 3 heterocycles. The van der Waals surface area contributed by atoms with Gasteiger partial charge in [-0.2, -0.15) is 5.10 Å². The van der Waals surface area contributed by atoms with E-state index in [2.05, 4.69) is 25.7 Å². The van der Waals surface area contributed by atoms with Gasteiger partial charge < -0.3 is 15.4 Å². The molecule has 182 valence electrons. The minimum Gasteiger partial charge on any atom is -0.463 e. The van der Waals surface area contributed by atoms with Gasteiger partial charge in [0.2, 0.25) is 0 Å². The zero-order valence-electron chi connectivity index (χ0n) is 19.1. The molecule has 0 saturated carbocycles. The lowest BCUT2D eigenvalue weighted by Gasteiger charge is -2.29. The number of para-hydroxylation sites is 1. The molecule has 0 fully saturated rings. The first-order chi connectivity index (χ1) is 17.5. The Morgan fingerprint density at radius 1 is 1.14 bits per heavy atom. The quantitative estimate of drug-likeness (QED) is 0.210. The zero-order chi connectivity index (χ0) is 25.1. The molecule has 2 aromatic heterocycles. The summed E-state index contributed by atoms with van der Waals surface area (Å²) in [5.74, 6) is -0.237. The maximum Gasteiger partial charge on any atom is 0.338 e. The van der Waals surface area contributed by atoms with Gasteiger partial charge in [0.25, 0.3) is 0 Å². The molecular formula is C25H21ClN6O3S. The van der Waals surface area contributed by atoms with E-state index >= 15 is 0 Å². The van der Waals surface area contributed by atoms with Crippen molar-refractivity contribution in [2.24, 2.45) is 0 Å². The summed E-state index contributed by atoms with van der Waals surface area (Å²) in [5.41, 5.74) is 3.03. The minimum absolute atomic E-state index is 0.204. The molecule has 0 aliphatic carbocycles. The van der Waals surface area contributed by atoms with Crippen LogP contribution in [0.3, 0.4) is 0 Å². The van der Waals surface area contributed by atoms with Crippen LogP contribution in [0.25, 0.3) is 16.7 Å². The third-order valence-corrected chi connectivity index (χ3v) is 6.82. The van der Waals surface area contributed by atoms with Crippen LogP contribution in [0.2, 0.25) is 5.02 Å². The number of aromatic nitrogens is 4. The van der Waals surface area contributed by atoms with Crippen LogP contribution in [0.4, 0.5) is 4.79 Å². The number of hydrogen-bond acceptors (Lipinski definition) is 7. The summed E-state index contributed by atoms with van der Waals surface area (Å²) in [4.78, 5) is 34.4. The topological polar surface area (TPSA) is 111 Å². The highest BCUT2D eigenvalue weighted by Crippen LogP contribution is 2.32. The van der Waals surface area contributed by atoms with Gasteiger partial charge in [-0.25, -0.2) is 24.2 Å². The number of nitrogens with zero attached hydrogens (tertiary/aromatic N) is 4. The van der Waals surface area contributed by atoms with E-state index in [9.17, 15) is 9.59 Å². The first kappa shape index (κ1) is 23.8. The van der Waals surface area contributed by atoms with Crippen LogP contribution >= 0.6 is 23.4 Å². The molecule has 2 amide bonds. The van der Waals surface area contributed by atoms with E-state index in [4.69, 9.17) is 16.3 Å². The summed E-state index contributed by atoms with van der Waals surface area (Å²) >= 11 is 7.41. The van der Waals surface area contributed by atoms with Crippen LogP contribution in [0, 0.1) is 0 Å². The number of rotatable bonds is 7. The summed E-state index contributed by atoms with van der Waals surface area (Å²) < 4.78 is 7.08. The Morgan fingerprint density at radius 2 is 1.92 bits per heavy atom. The molecular weight excluding hydrogens is 500 g/mol. The molecule has 2 aromatic carbocycles. The molecule has 9 nitrogen and oxygen atoms in total. The maximum atomic E-state index is 13.0. The van der Waals surface area contributed by atoms with E-state index < -0.39 is 18.0 Å². The monoisotopic (exact) mass is 520 g/mol. The molecule has 0 bridgehead atoms. The largest absolute Gasteiger partial charge is 0.463 e. The smallest absolute Gasteiger partial charge is 0.338 e. The number of benzene rings is 2. The molecule has 11 heteroatoms. The van der Waals surface area contributed by atoms with Gasteiger partial charge in [-0.1, -0.05) is 53.7 Å². The normalized spacial score (nSPS) is 15.5. The van der Waals surface area contributed by atoms with Gasteiger partial charge >= 0.3 is 12.0 Å². The number of hydrogen-bond donors (Lipinski definition) is 2. The highest BCUT2D eigenvalue weighted by atomic mass is 35.5. The maximum absolute atomic E-state index is 13.0. The van der Waals surface area contributed by atoms with Crippen molar-refractivity contribution in [1.82, 2.24) is 30.4 Å². The van der Waals surface area contributed by atoms with Gasteiger partial charge in [0, 0.05) is 16.5 Å². The summed E-state index contributed by atoms with van der Waals surface area (Å²) in [6, 6.07) is 15.6. The zero-order valence-corrected chi connectivity index (χ0v) is 20.7. The Balaban J connectivity index is 1.49. The number of nitrogens with one attached hydrogen (secondary N) is 2. The molecule has 1 aliphatic heterocycles. The van der Waals surface area contributed by atoms with Crippen LogP contribution < -0.4 is 10.6 Å². The van der Waals surface area contributed by atoms with E-state index in [0.717, 1.165) is 11.1 Å². The number of halogens is 1. The Morgan fingerprint density at radius 3 is 2.67 bits per heavy atom. The van der Waals surface area contributed by atoms with E-state index in [1.807, 2.05) is 30.3 Å². The Labute approximate surface area is 215 Å². The van der Waals surface area contributed by atoms with Crippen LogP contribution in [-0.2, 0) is 9.53 Å². The minimum atomic E-state index is -0.683. The number of carbonyl (C=O) groups excluding carboxylic acids is 2. The fourth-order valence-electron chi connectivity index (χ4n) is 3.92. The SMILES string of the molecule is CCOC(=O)C1=C(CSc2ncnc3c2cnn3-c2ccccc2)NC(=O)N[C@H]1c1ccc(Cl)cc1. The van der Waals surface area contributed by atoms with Gasteiger partial charge in [-0.15, -0.1) is 0 Å².